The van der Waals surface area contributed by atoms with Gasteiger partial charge in [0.2, 0.25) is 11.9 Å². The van der Waals surface area contributed by atoms with Crippen LogP contribution in [0.4, 0.5) is 8.68 Å². The maximum Gasteiger partial charge on any atom is 0.338 e. The number of nitrogens with two attached hydrogens (primary N) is 1. The van der Waals surface area contributed by atoms with Gasteiger partial charge < -0.3 is 20.5 Å². The minimum absolute atomic E-state index is 0.0778. The molecule has 2 rings (SSSR count). The van der Waals surface area contributed by atoms with E-state index in [2.05, 4.69) is 5.32 Å². The quantitative estimate of drug-likeness (QED) is 0.364. The van der Waals surface area contributed by atoms with Crippen molar-refractivity contribution in [3.8, 4) is 5.75 Å². The summed E-state index contributed by atoms with van der Waals surface area (Å²) in [4.78, 5) is 35.1. The molecule has 26 heavy (non-hydrogen) atoms. The van der Waals surface area contributed by atoms with Crippen molar-refractivity contribution < 1.29 is 33.0 Å². The highest BCUT2D eigenvalue weighted by Gasteiger charge is 2.35. The highest BCUT2D eigenvalue weighted by molar-refractivity contribution is 7.94. The fourth-order valence-corrected chi connectivity index (χ4v) is 2.20. The van der Waals surface area contributed by atoms with Crippen LogP contribution in [0.2, 0.25) is 0 Å². The van der Waals surface area contributed by atoms with Gasteiger partial charge in [0.25, 0.3) is 11.9 Å². The largest absolute Gasteiger partial charge is 0.443 e. The molecule has 1 aliphatic heterocycles. The highest BCUT2D eigenvalue weighted by Crippen LogP contribution is 2.24. The third-order valence-corrected chi connectivity index (χ3v) is 3.79. The lowest BCUT2D eigenvalue weighted by atomic mass is 10.2. The van der Waals surface area contributed by atoms with Gasteiger partial charge in [-0.3, -0.25) is 14.8 Å². The maximum absolute atomic E-state index is 12.4. The number of rotatable bonds is 7. The average molecular weight is 385 g/mol. The van der Waals surface area contributed by atoms with Gasteiger partial charge >= 0.3 is 6.03 Å². The lowest BCUT2D eigenvalue weighted by Crippen LogP contribution is -2.48. The van der Waals surface area contributed by atoms with Gasteiger partial charge in [-0.25, -0.2) is 9.86 Å². The van der Waals surface area contributed by atoms with Crippen LogP contribution in [-0.2, 0) is 14.3 Å². The van der Waals surface area contributed by atoms with E-state index in [1.807, 2.05) is 0 Å². The molecule has 1 unspecified atom stereocenters. The number of hydroxylamine groups is 2. The Morgan fingerprint density at radius 1 is 1.46 bits per heavy atom. The normalized spacial score (nSPS) is 17.1. The second kappa shape index (κ2) is 8.54. The van der Waals surface area contributed by atoms with Crippen molar-refractivity contribution in [1.29, 1.82) is 0 Å². The van der Waals surface area contributed by atoms with E-state index in [9.17, 15) is 23.5 Å². The van der Waals surface area contributed by atoms with Gasteiger partial charge in [0, 0.05) is 11.4 Å². The molecule has 4 N–H and O–H groups in total. The van der Waals surface area contributed by atoms with Gasteiger partial charge in [-0.15, -0.1) is 0 Å². The number of carbonyl (C=O) groups excluding carboxylic acids is 3. The van der Waals surface area contributed by atoms with Crippen LogP contribution in [0.3, 0.4) is 0 Å². The summed E-state index contributed by atoms with van der Waals surface area (Å²) in [5, 5.41) is 11.9. The van der Waals surface area contributed by atoms with E-state index in [1.54, 1.807) is 0 Å². The summed E-state index contributed by atoms with van der Waals surface area (Å²) in [6.45, 7) is 1.29. The van der Waals surface area contributed by atoms with Crippen LogP contribution in [0.1, 0.15) is 6.92 Å². The van der Waals surface area contributed by atoms with E-state index in [4.69, 9.17) is 15.2 Å². The fraction of sp³-hybridized carbons (Fsp3) is 0.267. The third kappa shape index (κ3) is 4.86. The zero-order valence-electron chi connectivity index (χ0n) is 13.5. The summed E-state index contributed by atoms with van der Waals surface area (Å²) in [6.07, 6.45) is -0.425. The number of nitrogens with one attached hydrogen (secondary N) is 1. The van der Waals surface area contributed by atoms with Crippen molar-refractivity contribution in [2.24, 2.45) is 5.73 Å². The summed E-state index contributed by atoms with van der Waals surface area (Å²) in [6, 6.07) is 4.03. The number of hydrogen-bond acceptors (Lipinski definition) is 7. The maximum atomic E-state index is 12.4. The first-order valence-electron chi connectivity index (χ1n) is 7.35. The molecule has 0 radical (unpaired) electrons. The first-order chi connectivity index (χ1) is 12.3. The zero-order chi connectivity index (χ0) is 19.3. The van der Waals surface area contributed by atoms with Gasteiger partial charge in [0.15, 0.2) is 0 Å². The number of hydrogen-bond donors (Lipinski definition) is 3. The number of ether oxygens (including phenoxy) is 2. The van der Waals surface area contributed by atoms with Crippen molar-refractivity contribution in [3.05, 3.63) is 36.3 Å². The summed E-state index contributed by atoms with van der Waals surface area (Å²) < 4.78 is 22.9. The number of primary amides is 1. The minimum atomic E-state index is -1.45. The lowest BCUT2D eigenvalue weighted by molar-refractivity contribution is -0.138. The second-order valence-corrected chi connectivity index (χ2v) is 5.92. The number of halogens is 1. The molecule has 0 saturated carbocycles. The van der Waals surface area contributed by atoms with Crippen LogP contribution in [0, 0.1) is 0 Å². The van der Waals surface area contributed by atoms with E-state index in [1.165, 1.54) is 31.2 Å². The Morgan fingerprint density at radius 3 is 2.69 bits per heavy atom. The Hall–Kier alpha value is -2.79. The predicted octanol–water partition coefficient (Wildman–Crippen LogP) is 1.13. The van der Waals surface area contributed by atoms with Crippen LogP contribution in [0.5, 0.6) is 5.75 Å². The van der Waals surface area contributed by atoms with Crippen molar-refractivity contribution in [1.82, 2.24) is 10.4 Å². The molecule has 0 aliphatic carbocycles. The SMILES string of the molecule is CC(CNC(=O)[C@@H]1OC(Oc2ccc(SF)cc2)=CC1=O)N(O)C(N)=O. The molecule has 1 aliphatic rings. The molecular formula is C15H16FN3O6S. The lowest BCUT2D eigenvalue weighted by Gasteiger charge is -2.21. The van der Waals surface area contributed by atoms with Gasteiger partial charge in [0.1, 0.15) is 5.75 Å². The molecule has 1 aromatic carbocycles. The predicted molar refractivity (Wildman–Crippen MR) is 87.7 cm³/mol. The van der Waals surface area contributed by atoms with Crippen molar-refractivity contribution >= 4 is 29.9 Å². The topological polar surface area (TPSA) is 131 Å². The Kier molecular flexibility index (Phi) is 6.41. The minimum Gasteiger partial charge on any atom is -0.443 e. The molecule has 0 spiro atoms. The van der Waals surface area contributed by atoms with Crippen LogP contribution in [0.15, 0.2) is 41.2 Å². The number of amides is 3. The van der Waals surface area contributed by atoms with E-state index >= 15 is 0 Å². The Bertz CT molecular complexity index is 727. The molecule has 140 valence electrons. The number of benzene rings is 1. The molecular weight excluding hydrogens is 369 g/mol. The fourth-order valence-electron chi connectivity index (χ4n) is 1.96. The third-order valence-electron chi connectivity index (χ3n) is 3.34. The van der Waals surface area contributed by atoms with Crippen LogP contribution in [0.25, 0.3) is 0 Å². The Morgan fingerprint density at radius 2 is 2.12 bits per heavy atom. The standard InChI is InChI=1S/C15H16FN3O6S/c1-8(19(23)15(17)22)7-18-14(21)13-11(20)6-12(25-13)24-9-2-4-10(26-16)5-3-9/h2-6,8,13,23H,7H2,1H3,(H2,17,22)(H,18,21)/t8?,13-/m1/s1. The molecule has 1 aromatic rings. The van der Waals surface area contributed by atoms with Crippen molar-refractivity contribution in [2.45, 2.75) is 24.0 Å². The van der Waals surface area contributed by atoms with E-state index in [-0.39, 0.29) is 29.7 Å². The van der Waals surface area contributed by atoms with Crippen LogP contribution in [-0.4, -0.2) is 46.7 Å². The first kappa shape index (κ1) is 19.5. The summed E-state index contributed by atoms with van der Waals surface area (Å²) in [7, 11) is 0. The molecule has 9 nitrogen and oxygen atoms in total. The van der Waals surface area contributed by atoms with Gasteiger partial charge in [-0.2, -0.15) is 3.89 Å². The van der Waals surface area contributed by atoms with Crippen molar-refractivity contribution in [2.75, 3.05) is 6.54 Å². The molecule has 0 bridgehead atoms. The molecule has 0 aromatic heterocycles. The Labute approximate surface area is 152 Å². The van der Waals surface area contributed by atoms with Crippen molar-refractivity contribution in [3.63, 3.8) is 0 Å². The number of carbonyl (C=O) groups is 3. The Balaban J connectivity index is 1.87. The smallest absolute Gasteiger partial charge is 0.338 e. The average Bonchev–Trinajstić information content (AvgIpc) is 2.99. The summed E-state index contributed by atoms with van der Waals surface area (Å²) >= 11 is 0.0778. The number of ketones is 1. The molecule has 0 fully saturated rings. The van der Waals surface area contributed by atoms with Gasteiger partial charge in [-0.05, 0) is 31.2 Å². The summed E-state index contributed by atoms with van der Waals surface area (Å²) in [5.41, 5.74) is 4.90. The van der Waals surface area contributed by atoms with E-state index < -0.39 is 29.9 Å². The van der Waals surface area contributed by atoms with E-state index in [0.717, 1.165) is 6.08 Å². The highest BCUT2D eigenvalue weighted by atomic mass is 32.2. The first-order valence-corrected chi connectivity index (χ1v) is 8.07. The number of nitrogens with zero attached hydrogens (tertiary/aromatic N) is 1. The van der Waals surface area contributed by atoms with Gasteiger partial charge in [-0.1, -0.05) is 0 Å². The zero-order valence-corrected chi connectivity index (χ0v) is 14.4. The van der Waals surface area contributed by atoms with Crippen LogP contribution >= 0.6 is 12.1 Å². The van der Waals surface area contributed by atoms with Gasteiger partial charge in [0.05, 0.1) is 24.3 Å². The summed E-state index contributed by atoms with van der Waals surface area (Å²) in [5.74, 6) is -1.27. The van der Waals surface area contributed by atoms with E-state index in [0.29, 0.717) is 10.6 Å². The molecule has 0 saturated heterocycles. The monoisotopic (exact) mass is 385 g/mol. The molecule has 1 heterocycles. The van der Waals surface area contributed by atoms with Crippen LogP contribution < -0.4 is 15.8 Å². The second-order valence-electron chi connectivity index (χ2n) is 5.29. The molecule has 2 atom stereocenters. The number of urea groups is 1. The molecule has 3 amide bonds. The molecule has 11 heteroatoms.